The van der Waals surface area contributed by atoms with Crippen molar-refractivity contribution >= 4 is 0 Å². The predicted octanol–water partition coefficient (Wildman–Crippen LogP) is 3.99. The van der Waals surface area contributed by atoms with Crippen LogP contribution in [0.5, 0.6) is 0 Å². The van der Waals surface area contributed by atoms with E-state index in [0.717, 1.165) is 7.11 Å². The summed E-state index contributed by atoms with van der Waals surface area (Å²) >= 11 is 0. The van der Waals surface area contributed by atoms with E-state index in [0.29, 0.717) is 0 Å². The van der Waals surface area contributed by atoms with Crippen LogP contribution in [0, 0.1) is 0 Å². The normalized spacial score (nSPS) is 8.00. The molecule has 2 rings (SSSR count). The van der Waals surface area contributed by atoms with E-state index in [2.05, 4.69) is 48.5 Å². The minimum Gasteiger partial charge on any atom is -0.400 e. The number of aliphatic hydroxyl groups excluding tert-OH is 1. The van der Waals surface area contributed by atoms with Crippen LogP contribution < -0.4 is 0 Å². The fourth-order valence-corrected chi connectivity index (χ4v) is 1.26. The highest BCUT2D eigenvalue weighted by atomic mass is 16.2. The smallest absolute Gasteiger partial charge is 0.0319 e. The van der Waals surface area contributed by atoms with Gasteiger partial charge in [0.25, 0.3) is 0 Å². The van der Waals surface area contributed by atoms with E-state index >= 15 is 0 Å². The summed E-state index contributed by atoms with van der Waals surface area (Å²) in [6.07, 6.45) is 0. The summed E-state index contributed by atoms with van der Waals surface area (Å²) in [5.41, 5.74) is 2.55. The van der Waals surface area contributed by atoms with Crippen molar-refractivity contribution < 1.29 is 5.11 Å². The summed E-state index contributed by atoms with van der Waals surface area (Å²) in [4.78, 5) is 0. The van der Waals surface area contributed by atoms with Crippen molar-refractivity contribution in [3.63, 3.8) is 0 Å². The first kappa shape index (κ1) is 14.4. The molecule has 1 nitrogen and oxygen atoms in total. The van der Waals surface area contributed by atoms with E-state index in [1.54, 1.807) is 0 Å². The average molecular weight is 216 g/mol. The number of hydrogen-bond donors (Lipinski definition) is 1. The Labute approximate surface area is 98.4 Å². The van der Waals surface area contributed by atoms with Crippen LogP contribution in [0.15, 0.2) is 60.7 Å². The van der Waals surface area contributed by atoms with Gasteiger partial charge >= 0.3 is 0 Å². The molecule has 0 fully saturated rings. The van der Waals surface area contributed by atoms with Crippen molar-refractivity contribution in [1.82, 2.24) is 0 Å². The molecule has 0 heterocycles. The lowest BCUT2D eigenvalue weighted by Crippen LogP contribution is -1.73. The highest BCUT2D eigenvalue weighted by Gasteiger charge is 1.91. The van der Waals surface area contributed by atoms with Crippen molar-refractivity contribution in [3.8, 4) is 11.1 Å². The molecule has 86 valence electrons. The SMILES string of the molecule is CC.CO.c1ccc(-c2ccccc2)cc1. The van der Waals surface area contributed by atoms with E-state index < -0.39 is 0 Å². The Hall–Kier alpha value is -1.60. The molecule has 2 aromatic rings. The van der Waals surface area contributed by atoms with Crippen LogP contribution in [0.25, 0.3) is 11.1 Å². The molecule has 0 unspecified atom stereocenters. The molecule has 0 aliphatic carbocycles. The Morgan fingerprint density at radius 1 is 0.562 bits per heavy atom. The van der Waals surface area contributed by atoms with Gasteiger partial charge in [-0.25, -0.2) is 0 Å². The Kier molecular flexibility index (Phi) is 8.94. The minimum absolute atomic E-state index is 1.00. The van der Waals surface area contributed by atoms with E-state index in [1.165, 1.54) is 11.1 Å². The van der Waals surface area contributed by atoms with Crippen molar-refractivity contribution in [1.29, 1.82) is 0 Å². The highest BCUT2D eigenvalue weighted by molar-refractivity contribution is 5.62. The second-order valence-corrected chi connectivity index (χ2v) is 2.73. The topological polar surface area (TPSA) is 20.2 Å². The zero-order chi connectivity index (χ0) is 12.2. The van der Waals surface area contributed by atoms with Crippen LogP contribution in [0.4, 0.5) is 0 Å². The standard InChI is InChI=1S/C12H10.C2H6.CH4O/c1-3-7-11(8-4-1)12-9-5-2-6-10-12;2*1-2/h1-10H;1-2H3;2H,1H3. The molecular weight excluding hydrogens is 196 g/mol. The summed E-state index contributed by atoms with van der Waals surface area (Å²) in [6.45, 7) is 4.00. The van der Waals surface area contributed by atoms with E-state index in [9.17, 15) is 0 Å². The zero-order valence-electron chi connectivity index (χ0n) is 10.2. The summed E-state index contributed by atoms with van der Waals surface area (Å²) in [5, 5.41) is 7.00. The largest absolute Gasteiger partial charge is 0.400 e. The first-order chi connectivity index (χ1) is 7.97. The Bertz CT molecular complexity index is 303. The molecule has 0 bridgehead atoms. The fourth-order valence-electron chi connectivity index (χ4n) is 1.26. The second kappa shape index (κ2) is 9.94. The molecule has 0 aromatic heterocycles. The second-order valence-electron chi connectivity index (χ2n) is 2.73. The maximum absolute atomic E-state index is 7.00. The van der Waals surface area contributed by atoms with Crippen LogP contribution in [0.1, 0.15) is 13.8 Å². The number of benzene rings is 2. The van der Waals surface area contributed by atoms with E-state index in [4.69, 9.17) is 5.11 Å². The zero-order valence-corrected chi connectivity index (χ0v) is 10.2. The Balaban J connectivity index is 0.000000509. The van der Waals surface area contributed by atoms with Crippen molar-refractivity contribution in [3.05, 3.63) is 60.7 Å². The van der Waals surface area contributed by atoms with Crippen molar-refractivity contribution in [2.75, 3.05) is 7.11 Å². The number of rotatable bonds is 1. The molecular formula is C15H20O. The molecule has 2 aromatic carbocycles. The van der Waals surface area contributed by atoms with Gasteiger partial charge in [-0.1, -0.05) is 74.5 Å². The fraction of sp³-hybridized carbons (Fsp3) is 0.200. The summed E-state index contributed by atoms with van der Waals surface area (Å²) in [5.74, 6) is 0. The Morgan fingerprint density at radius 3 is 1.06 bits per heavy atom. The number of aliphatic hydroxyl groups is 1. The molecule has 1 heteroatoms. The van der Waals surface area contributed by atoms with Gasteiger partial charge < -0.3 is 5.11 Å². The molecule has 0 atom stereocenters. The molecule has 0 spiro atoms. The molecule has 0 amide bonds. The van der Waals surface area contributed by atoms with Gasteiger partial charge in [-0.05, 0) is 11.1 Å². The third-order valence-corrected chi connectivity index (χ3v) is 1.88. The molecule has 0 aliphatic rings. The maximum atomic E-state index is 7.00. The molecule has 0 radical (unpaired) electrons. The van der Waals surface area contributed by atoms with Crippen LogP contribution in [-0.4, -0.2) is 12.2 Å². The lowest BCUT2D eigenvalue weighted by Gasteiger charge is -1.98. The first-order valence-electron chi connectivity index (χ1n) is 5.52. The van der Waals surface area contributed by atoms with Gasteiger partial charge in [0.1, 0.15) is 0 Å². The minimum atomic E-state index is 1.00. The van der Waals surface area contributed by atoms with Crippen LogP contribution in [0.2, 0.25) is 0 Å². The lowest BCUT2D eigenvalue weighted by atomic mass is 10.1. The van der Waals surface area contributed by atoms with Gasteiger partial charge in [0.05, 0.1) is 0 Å². The van der Waals surface area contributed by atoms with Gasteiger partial charge in [-0.3, -0.25) is 0 Å². The summed E-state index contributed by atoms with van der Waals surface area (Å²) < 4.78 is 0. The monoisotopic (exact) mass is 216 g/mol. The van der Waals surface area contributed by atoms with Crippen LogP contribution in [0.3, 0.4) is 0 Å². The van der Waals surface area contributed by atoms with Crippen molar-refractivity contribution in [2.45, 2.75) is 13.8 Å². The highest BCUT2D eigenvalue weighted by Crippen LogP contribution is 2.17. The van der Waals surface area contributed by atoms with Gasteiger partial charge in [-0.2, -0.15) is 0 Å². The van der Waals surface area contributed by atoms with E-state index in [-0.39, 0.29) is 0 Å². The third-order valence-electron chi connectivity index (χ3n) is 1.88. The lowest BCUT2D eigenvalue weighted by molar-refractivity contribution is 0.399. The first-order valence-corrected chi connectivity index (χ1v) is 5.52. The predicted molar refractivity (Wildman–Crippen MR) is 71.4 cm³/mol. The number of hydrogen-bond acceptors (Lipinski definition) is 1. The summed E-state index contributed by atoms with van der Waals surface area (Å²) in [6, 6.07) is 20.8. The van der Waals surface area contributed by atoms with E-state index in [1.807, 2.05) is 26.0 Å². The van der Waals surface area contributed by atoms with Crippen molar-refractivity contribution in [2.24, 2.45) is 0 Å². The molecule has 1 N–H and O–H groups in total. The quantitative estimate of drug-likeness (QED) is 0.764. The van der Waals surface area contributed by atoms with Gasteiger partial charge in [0.2, 0.25) is 0 Å². The maximum Gasteiger partial charge on any atom is 0.0319 e. The molecule has 0 saturated carbocycles. The van der Waals surface area contributed by atoms with Crippen LogP contribution in [-0.2, 0) is 0 Å². The summed E-state index contributed by atoms with van der Waals surface area (Å²) in [7, 11) is 1.00. The molecule has 0 aliphatic heterocycles. The molecule has 0 saturated heterocycles. The molecule has 16 heavy (non-hydrogen) atoms. The van der Waals surface area contributed by atoms with Gasteiger partial charge in [-0.15, -0.1) is 0 Å². The van der Waals surface area contributed by atoms with Gasteiger partial charge in [0.15, 0.2) is 0 Å². The average Bonchev–Trinajstić information content (AvgIpc) is 2.45. The van der Waals surface area contributed by atoms with Crippen LogP contribution >= 0.6 is 0 Å². The Morgan fingerprint density at radius 2 is 0.812 bits per heavy atom. The third kappa shape index (κ3) is 4.76. The van der Waals surface area contributed by atoms with Gasteiger partial charge in [0, 0.05) is 7.11 Å².